The smallest absolute Gasteiger partial charge is 0.374 e. The molecule has 2 heterocycles. The largest absolute Gasteiger partial charge is 0.455 e. The number of ether oxygens (including phenoxy) is 3. The van der Waals surface area contributed by atoms with Gasteiger partial charge in [-0.15, -0.1) is 0 Å². The quantitative estimate of drug-likeness (QED) is 0.614. The lowest BCUT2D eigenvalue weighted by Crippen LogP contribution is -2.06. The Kier molecular flexibility index (Phi) is 3.69. The summed E-state index contributed by atoms with van der Waals surface area (Å²) in [6, 6.07) is 11.1. The summed E-state index contributed by atoms with van der Waals surface area (Å²) < 4.78 is 22.5. The number of esters is 1. The van der Waals surface area contributed by atoms with Crippen molar-refractivity contribution in [1.82, 2.24) is 0 Å². The second-order valence-electron chi connectivity index (χ2n) is 5.43. The molecule has 0 spiro atoms. The van der Waals surface area contributed by atoms with Crippen molar-refractivity contribution < 1.29 is 23.4 Å². The molecule has 2 aromatic carbocycles. The zero-order valence-corrected chi connectivity index (χ0v) is 14.4. The van der Waals surface area contributed by atoms with Gasteiger partial charge in [0.05, 0.1) is 0 Å². The predicted octanol–water partition coefficient (Wildman–Crippen LogP) is 4.59. The SMILES string of the molecule is Cc1c(C(=O)OCc2cc3c(cc2Br)OCO3)oc2ccccc12. The van der Waals surface area contributed by atoms with Crippen molar-refractivity contribution in [1.29, 1.82) is 0 Å². The van der Waals surface area contributed by atoms with Crippen LogP contribution in [0, 0.1) is 6.92 Å². The van der Waals surface area contributed by atoms with Gasteiger partial charge in [-0.2, -0.15) is 0 Å². The van der Waals surface area contributed by atoms with Crippen molar-refractivity contribution in [2.75, 3.05) is 6.79 Å². The van der Waals surface area contributed by atoms with Gasteiger partial charge in [-0.3, -0.25) is 0 Å². The van der Waals surface area contributed by atoms with Crippen LogP contribution in [0.4, 0.5) is 0 Å². The third kappa shape index (κ3) is 2.53. The van der Waals surface area contributed by atoms with E-state index in [1.165, 1.54) is 0 Å². The number of carbonyl (C=O) groups excluding carboxylic acids is 1. The van der Waals surface area contributed by atoms with Crippen LogP contribution in [0.5, 0.6) is 11.5 Å². The molecule has 0 amide bonds. The molecule has 0 radical (unpaired) electrons. The number of hydrogen-bond acceptors (Lipinski definition) is 5. The zero-order chi connectivity index (χ0) is 16.7. The van der Waals surface area contributed by atoms with Gasteiger partial charge in [0, 0.05) is 21.0 Å². The molecule has 0 aliphatic carbocycles. The first-order chi connectivity index (χ1) is 11.6. The molecular weight excluding hydrogens is 376 g/mol. The molecule has 0 bridgehead atoms. The Labute approximate surface area is 146 Å². The average Bonchev–Trinajstić information content (AvgIpc) is 3.17. The molecular formula is C18H13BrO5. The highest BCUT2D eigenvalue weighted by Crippen LogP contribution is 2.37. The fourth-order valence-electron chi connectivity index (χ4n) is 2.65. The fourth-order valence-corrected chi connectivity index (χ4v) is 3.08. The number of para-hydroxylation sites is 1. The highest BCUT2D eigenvalue weighted by Gasteiger charge is 2.21. The monoisotopic (exact) mass is 388 g/mol. The fraction of sp³-hybridized carbons (Fsp3) is 0.167. The van der Waals surface area contributed by atoms with Gasteiger partial charge in [0.25, 0.3) is 0 Å². The van der Waals surface area contributed by atoms with Crippen molar-refractivity contribution in [3.05, 3.63) is 57.8 Å². The first-order valence-corrected chi connectivity index (χ1v) is 8.16. The summed E-state index contributed by atoms with van der Waals surface area (Å²) in [7, 11) is 0. The van der Waals surface area contributed by atoms with Gasteiger partial charge in [-0.25, -0.2) is 4.79 Å². The molecule has 6 heteroatoms. The van der Waals surface area contributed by atoms with E-state index in [1.54, 1.807) is 12.1 Å². The maximum Gasteiger partial charge on any atom is 0.374 e. The van der Waals surface area contributed by atoms with E-state index in [-0.39, 0.29) is 19.2 Å². The summed E-state index contributed by atoms with van der Waals surface area (Å²) in [4.78, 5) is 12.4. The summed E-state index contributed by atoms with van der Waals surface area (Å²) in [6.07, 6.45) is 0. The predicted molar refractivity (Wildman–Crippen MR) is 90.3 cm³/mol. The van der Waals surface area contributed by atoms with Gasteiger partial charge in [0.2, 0.25) is 12.6 Å². The summed E-state index contributed by atoms with van der Waals surface area (Å²) in [5, 5.41) is 0.911. The van der Waals surface area contributed by atoms with Crippen LogP contribution in [0.25, 0.3) is 11.0 Å². The number of hydrogen-bond donors (Lipinski definition) is 0. The number of benzene rings is 2. The van der Waals surface area contributed by atoms with Gasteiger partial charge >= 0.3 is 5.97 Å². The van der Waals surface area contributed by atoms with E-state index in [4.69, 9.17) is 18.6 Å². The Morgan fingerprint density at radius 2 is 1.96 bits per heavy atom. The lowest BCUT2D eigenvalue weighted by Gasteiger charge is -2.07. The van der Waals surface area contributed by atoms with Crippen LogP contribution in [-0.4, -0.2) is 12.8 Å². The lowest BCUT2D eigenvalue weighted by atomic mass is 10.1. The molecule has 0 unspecified atom stereocenters. The third-order valence-electron chi connectivity index (χ3n) is 3.93. The van der Waals surface area contributed by atoms with Crippen LogP contribution in [0.1, 0.15) is 21.7 Å². The Morgan fingerprint density at radius 1 is 1.21 bits per heavy atom. The molecule has 1 aliphatic rings. The van der Waals surface area contributed by atoms with E-state index in [0.29, 0.717) is 17.1 Å². The second-order valence-corrected chi connectivity index (χ2v) is 6.28. The minimum absolute atomic E-state index is 0.104. The van der Waals surface area contributed by atoms with Crippen molar-refractivity contribution >= 4 is 32.9 Å². The minimum Gasteiger partial charge on any atom is -0.455 e. The van der Waals surface area contributed by atoms with Crippen molar-refractivity contribution in [2.24, 2.45) is 0 Å². The molecule has 0 N–H and O–H groups in total. The molecule has 5 nitrogen and oxygen atoms in total. The summed E-state index contributed by atoms with van der Waals surface area (Å²) in [6.45, 7) is 2.15. The minimum atomic E-state index is -0.492. The number of fused-ring (bicyclic) bond motifs is 2. The van der Waals surface area contributed by atoms with Crippen LogP contribution >= 0.6 is 15.9 Å². The number of furan rings is 1. The number of halogens is 1. The molecule has 3 aromatic rings. The van der Waals surface area contributed by atoms with E-state index in [1.807, 2.05) is 31.2 Å². The van der Waals surface area contributed by atoms with Crippen LogP contribution in [0.3, 0.4) is 0 Å². The maximum atomic E-state index is 12.4. The molecule has 1 aromatic heterocycles. The Hall–Kier alpha value is -2.47. The van der Waals surface area contributed by atoms with Gasteiger partial charge in [0.1, 0.15) is 12.2 Å². The first kappa shape index (κ1) is 15.1. The van der Waals surface area contributed by atoms with Crippen LogP contribution in [0.2, 0.25) is 0 Å². The highest BCUT2D eigenvalue weighted by atomic mass is 79.9. The molecule has 0 atom stereocenters. The Bertz CT molecular complexity index is 944. The van der Waals surface area contributed by atoms with Crippen LogP contribution in [-0.2, 0) is 11.3 Å². The molecule has 1 aliphatic heterocycles. The van der Waals surface area contributed by atoms with E-state index >= 15 is 0 Å². The average molecular weight is 389 g/mol. The maximum absolute atomic E-state index is 12.4. The summed E-state index contributed by atoms with van der Waals surface area (Å²) in [5.41, 5.74) is 2.24. The lowest BCUT2D eigenvalue weighted by molar-refractivity contribution is 0.0436. The summed E-state index contributed by atoms with van der Waals surface area (Å²) in [5.74, 6) is 1.05. The number of carbonyl (C=O) groups is 1. The van der Waals surface area contributed by atoms with Gasteiger partial charge < -0.3 is 18.6 Å². The number of aryl methyl sites for hydroxylation is 1. The molecule has 0 saturated carbocycles. The first-order valence-electron chi connectivity index (χ1n) is 7.37. The second kappa shape index (κ2) is 5.87. The van der Waals surface area contributed by atoms with Crippen molar-refractivity contribution in [2.45, 2.75) is 13.5 Å². The van der Waals surface area contributed by atoms with Gasteiger partial charge in [-0.05, 0) is 25.1 Å². The van der Waals surface area contributed by atoms with Crippen LogP contribution < -0.4 is 9.47 Å². The highest BCUT2D eigenvalue weighted by molar-refractivity contribution is 9.10. The van der Waals surface area contributed by atoms with Gasteiger partial charge in [0.15, 0.2) is 11.5 Å². The normalized spacial score (nSPS) is 12.6. The molecule has 122 valence electrons. The zero-order valence-electron chi connectivity index (χ0n) is 12.8. The van der Waals surface area contributed by atoms with E-state index in [2.05, 4.69) is 15.9 Å². The molecule has 4 rings (SSSR count). The third-order valence-corrected chi connectivity index (χ3v) is 4.67. The van der Waals surface area contributed by atoms with Crippen LogP contribution in [0.15, 0.2) is 45.3 Å². The standard InChI is InChI=1S/C18H13BrO5/c1-10-12-4-2-3-5-14(12)24-17(10)18(20)21-8-11-6-15-16(7-13(11)19)23-9-22-15/h2-7H,8-9H2,1H3. The Morgan fingerprint density at radius 3 is 2.75 bits per heavy atom. The van der Waals surface area contributed by atoms with Gasteiger partial charge in [-0.1, -0.05) is 34.1 Å². The topological polar surface area (TPSA) is 57.9 Å². The molecule has 0 saturated heterocycles. The van der Waals surface area contributed by atoms with E-state index in [9.17, 15) is 4.79 Å². The van der Waals surface area contributed by atoms with Crippen molar-refractivity contribution in [3.8, 4) is 11.5 Å². The molecule has 24 heavy (non-hydrogen) atoms. The number of rotatable bonds is 3. The Balaban J connectivity index is 1.55. The molecule has 0 fully saturated rings. The van der Waals surface area contributed by atoms with E-state index < -0.39 is 5.97 Å². The van der Waals surface area contributed by atoms with Crippen molar-refractivity contribution in [3.63, 3.8) is 0 Å². The summed E-state index contributed by atoms with van der Waals surface area (Å²) >= 11 is 3.45. The van der Waals surface area contributed by atoms with E-state index in [0.717, 1.165) is 21.0 Å².